The molecule has 1 aromatic carbocycles. The summed E-state index contributed by atoms with van der Waals surface area (Å²) in [5.41, 5.74) is 16.6. The molecule has 0 saturated carbocycles. The van der Waals surface area contributed by atoms with Gasteiger partial charge in [-0.25, -0.2) is 0 Å². The monoisotopic (exact) mass is 460 g/mol. The van der Waals surface area contributed by atoms with E-state index in [0.717, 1.165) is 25.7 Å². The molecule has 0 radical (unpaired) electrons. The summed E-state index contributed by atoms with van der Waals surface area (Å²) in [6.07, 6.45) is 4.27. The highest BCUT2D eigenvalue weighted by Crippen LogP contribution is 2.34. The molecule has 1 unspecified atom stereocenters. The van der Waals surface area contributed by atoms with Crippen molar-refractivity contribution in [3.05, 3.63) is 32.6 Å². The number of nitrogens with zero attached hydrogens (tertiary/aromatic N) is 2. The Morgan fingerprint density at radius 1 is 1.10 bits per heavy atom. The highest BCUT2D eigenvalue weighted by molar-refractivity contribution is 6.37. The number of aliphatic imine (C=N–C) groups is 1. The summed E-state index contributed by atoms with van der Waals surface area (Å²) < 4.78 is 5.53. The summed E-state index contributed by atoms with van der Waals surface area (Å²) in [5, 5.41) is 6.30. The third kappa shape index (κ3) is 10.1. The first-order chi connectivity index (χ1) is 14.4. The highest BCUT2D eigenvalue weighted by Gasteiger charge is 2.21. The summed E-state index contributed by atoms with van der Waals surface area (Å²) in [7, 11) is 0. The van der Waals surface area contributed by atoms with Gasteiger partial charge in [-0.1, -0.05) is 41.2 Å². The Kier molecular flexibility index (Phi) is 12.8. The van der Waals surface area contributed by atoms with Gasteiger partial charge in [0, 0.05) is 19.5 Å². The van der Waals surface area contributed by atoms with Gasteiger partial charge in [0.25, 0.3) is 0 Å². The van der Waals surface area contributed by atoms with Gasteiger partial charge in [-0.05, 0) is 43.5 Å². The minimum atomic E-state index is -1.07. The van der Waals surface area contributed by atoms with E-state index in [1.54, 1.807) is 12.1 Å². The van der Waals surface area contributed by atoms with E-state index in [9.17, 15) is 9.70 Å². The second-order valence-corrected chi connectivity index (χ2v) is 7.53. The Morgan fingerprint density at radius 2 is 1.77 bits per heavy atom. The van der Waals surface area contributed by atoms with Crippen LogP contribution in [0.25, 0.3) is 0 Å². The van der Waals surface area contributed by atoms with Gasteiger partial charge < -0.3 is 27.3 Å². The number of unbranched alkanes of at least 4 members (excludes halogenated alkanes) is 3. The first-order valence-corrected chi connectivity index (χ1v) is 10.6. The highest BCUT2D eigenvalue weighted by atomic mass is 35.5. The minimum Gasteiger partial charge on any atom is -0.490 e. The van der Waals surface area contributed by atoms with E-state index in [4.69, 9.17) is 45.1 Å². The van der Waals surface area contributed by atoms with Gasteiger partial charge in [0.05, 0.1) is 16.7 Å². The number of rotatable bonds is 15. The molecule has 0 aliphatic carbocycles. The lowest BCUT2D eigenvalue weighted by Gasteiger charge is -2.14. The van der Waals surface area contributed by atoms with Crippen molar-refractivity contribution in [1.29, 1.82) is 0 Å². The van der Waals surface area contributed by atoms with E-state index in [0.29, 0.717) is 54.0 Å². The van der Waals surface area contributed by atoms with E-state index < -0.39 is 11.9 Å². The van der Waals surface area contributed by atoms with Crippen LogP contribution in [0, 0.1) is 4.91 Å². The standard InChI is InChI=1S/C19H30Cl2N6O3/c20-14-10-13(11-15(21)17(14)30-9-5-6-22)12-16(27-29)18(28)25-7-3-1-2-4-8-26-19(23)24/h10-11,16H,1-9,12,22H2,(H,25,28)(H4,23,24,26). The molecule has 1 rings (SSSR count). The number of nitrogens with one attached hydrogen (secondary N) is 1. The number of ether oxygens (including phenoxy) is 1. The molecule has 0 bridgehead atoms. The minimum absolute atomic E-state index is 0.0889. The first-order valence-electron chi connectivity index (χ1n) is 9.85. The first kappa shape index (κ1) is 25.9. The van der Waals surface area contributed by atoms with Crippen molar-refractivity contribution in [3.63, 3.8) is 0 Å². The van der Waals surface area contributed by atoms with Gasteiger partial charge >= 0.3 is 0 Å². The molecule has 1 atom stereocenters. The molecule has 0 aliphatic rings. The Bertz CT molecular complexity index is 691. The van der Waals surface area contributed by atoms with E-state index in [1.807, 2.05) is 0 Å². The molecule has 0 aromatic heterocycles. The van der Waals surface area contributed by atoms with Crippen molar-refractivity contribution in [1.82, 2.24) is 5.32 Å². The molecule has 0 heterocycles. The molecule has 0 aliphatic heterocycles. The van der Waals surface area contributed by atoms with E-state index in [-0.39, 0.29) is 12.4 Å². The van der Waals surface area contributed by atoms with Gasteiger partial charge in [0.2, 0.25) is 5.91 Å². The number of nitrogens with two attached hydrogens (primary N) is 3. The lowest BCUT2D eigenvalue weighted by atomic mass is 10.1. The van der Waals surface area contributed by atoms with Crippen molar-refractivity contribution in [2.75, 3.05) is 26.2 Å². The van der Waals surface area contributed by atoms with E-state index >= 15 is 0 Å². The molecule has 168 valence electrons. The summed E-state index contributed by atoms with van der Waals surface area (Å²) >= 11 is 12.4. The zero-order valence-corrected chi connectivity index (χ0v) is 18.4. The number of carbonyl (C=O) groups is 1. The molecule has 0 saturated heterocycles. The van der Waals surface area contributed by atoms with Crippen LogP contribution in [0.1, 0.15) is 37.7 Å². The molecule has 11 heteroatoms. The van der Waals surface area contributed by atoms with Crippen LogP contribution in [0.3, 0.4) is 0 Å². The van der Waals surface area contributed by atoms with Gasteiger partial charge in [-0.2, -0.15) is 0 Å². The quantitative estimate of drug-likeness (QED) is 0.136. The number of amides is 1. The fourth-order valence-corrected chi connectivity index (χ4v) is 3.30. The van der Waals surface area contributed by atoms with Crippen LogP contribution in [-0.2, 0) is 11.2 Å². The zero-order chi connectivity index (χ0) is 22.4. The normalized spacial score (nSPS) is 11.6. The summed E-state index contributed by atoms with van der Waals surface area (Å²) in [4.78, 5) is 27.3. The second kappa shape index (κ2) is 14.8. The van der Waals surface area contributed by atoms with Crippen LogP contribution in [-0.4, -0.2) is 44.1 Å². The van der Waals surface area contributed by atoms with Crippen LogP contribution >= 0.6 is 23.2 Å². The largest absolute Gasteiger partial charge is 0.490 e. The fraction of sp³-hybridized carbons (Fsp3) is 0.579. The number of hydrogen-bond donors (Lipinski definition) is 4. The molecule has 30 heavy (non-hydrogen) atoms. The maximum Gasteiger partial charge on any atom is 0.248 e. The number of benzene rings is 1. The number of nitroso groups, excluding NO2 is 1. The summed E-state index contributed by atoms with van der Waals surface area (Å²) in [5.74, 6) is 0.0162. The summed E-state index contributed by atoms with van der Waals surface area (Å²) in [6.45, 7) is 1.94. The topological polar surface area (TPSA) is 158 Å². The van der Waals surface area contributed by atoms with E-state index in [1.165, 1.54) is 0 Å². The van der Waals surface area contributed by atoms with Gasteiger partial charge in [-0.3, -0.25) is 9.79 Å². The second-order valence-electron chi connectivity index (χ2n) is 6.72. The van der Waals surface area contributed by atoms with Gasteiger partial charge in [0.15, 0.2) is 17.8 Å². The molecule has 1 amide bonds. The molecular formula is C19H30Cl2N6O3. The predicted molar refractivity (Wildman–Crippen MR) is 121 cm³/mol. The molecule has 7 N–H and O–H groups in total. The molecule has 0 spiro atoms. The van der Waals surface area contributed by atoms with Crippen molar-refractivity contribution in [2.45, 2.75) is 44.6 Å². The Hall–Kier alpha value is -2.10. The third-order valence-corrected chi connectivity index (χ3v) is 4.75. The SMILES string of the molecule is NCCCOc1c(Cl)cc(CC(N=O)C(=O)NCCCCCCN=C(N)N)cc1Cl. The Morgan fingerprint density at radius 3 is 2.37 bits per heavy atom. The molecular weight excluding hydrogens is 431 g/mol. The van der Waals surface area contributed by atoms with Crippen LogP contribution in [0.4, 0.5) is 0 Å². The number of carbonyl (C=O) groups excluding carboxylic acids is 1. The molecule has 0 fully saturated rings. The molecule has 9 nitrogen and oxygen atoms in total. The van der Waals surface area contributed by atoms with Crippen LogP contribution in [0.5, 0.6) is 5.75 Å². The Labute approximate surface area is 186 Å². The van der Waals surface area contributed by atoms with Crippen molar-refractivity contribution < 1.29 is 9.53 Å². The van der Waals surface area contributed by atoms with Crippen LogP contribution in [0.15, 0.2) is 22.3 Å². The van der Waals surface area contributed by atoms with Crippen LogP contribution in [0.2, 0.25) is 10.0 Å². The number of halogens is 2. The Balaban J connectivity index is 2.46. The maximum absolute atomic E-state index is 12.2. The average Bonchev–Trinajstić information content (AvgIpc) is 2.69. The lowest BCUT2D eigenvalue weighted by molar-refractivity contribution is -0.122. The maximum atomic E-state index is 12.2. The van der Waals surface area contributed by atoms with Gasteiger partial charge in [0.1, 0.15) is 0 Å². The van der Waals surface area contributed by atoms with Crippen LogP contribution < -0.4 is 27.3 Å². The smallest absolute Gasteiger partial charge is 0.248 e. The summed E-state index contributed by atoms with van der Waals surface area (Å²) in [6, 6.07) is 2.17. The fourth-order valence-electron chi connectivity index (χ4n) is 2.65. The average molecular weight is 461 g/mol. The van der Waals surface area contributed by atoms with Gasteiger partial charge in [-0.15, -0.1) is 4.91 Å². The lowest BCUT2D eigenvalue weighted by Crippen LogP contribution is -2.35. The van der Waals surface area contributed by atoms with E-state index in [2.05, 4.69) is 15.5 Å². The van der Waals surface area contributed by atoms with Crippen molar-refractivity contribution in [3.8, 4) is 5.75 Å². The third-order valence-electron chi connectivity index (χ3n) is 4.19. The predicted octanol–water partition coefficient (Wildman–Crippen LogP) is 2.35. The van der Waals surface area contributed by atoms with Crippen molar-refractivity contribution in [2.24, 2.45) is 27.4 Å². The number of guanidine groups is 1. The van der Waals surface area contributed by atoms with Crippen molar-refractivity contribution >= 4 is 35.1 Å². The number of hydrogen-bond acceptors (Lipinski definition) is 6. The zero-order valence-electron chi connectivity index (χ0n) is 16.9. The molecule has 1 aromatic rings.